The highest BCUT2D eigenvalue weighted by molar-refractivity contribution is 7.10. The average molecular weight is 1160 g/mol. The summed E-state index contributed by atoms with van der Waals surface area (Å²) in [5.41, 5.74) is 22.6. The quantitative estimate of drug-likeness (QED) is 0.0155. The van der Waals surface area contributed by atoms with Crippen LogP contribution in [0.3, 0.4) is 0 Å². The SMILES string of the molecule is C/C=C(\NC(=O)N[C@@H](Cc1ccc(O)cc1)C(=O)O)C(=O)N[C@@H](C)C(=O)N[C@@H](CCCN=C(N)N)C(=O)N1CCC[C@H]1c1nc(C(=O)N[C@@H](CCC(N)=O)C(=O)OC(CC(=O)O)C2C(OC(=O)CC)CCN2C(=O)[C@@H](N)C(C)C)cs1. The molecular weight excluding hydrogens is 1080 g/mol. The molecule has 3 heterocycles. The number of esters is 2. The van der Waals surface area contributed by atoms with E-state index in [4.69, 9.17) is 32.4 Å². The maximum absolute atomic E-state index is 14.5. The number of ether oxygens (including phenoxy) is 2. The van der Waals surface area contributed by atoms with E-state index in [1.807, 2.05) is 0 Å². The van der Waals surface area contributed by atoms with Crippen molar-refractivity contribution in [2.24, 2.45) is 33.8 Å². The van der Waals surface area contributed by atoms with Crippen LogP contribution in [0, 0.1) is 5.92 Å². The fourth-order valence-corrected chi connectivity index (χ4v) is 9.76. The number of thiazole rings is 1. The van der Waals surface area contributed by atoms with Crippen LogP contribution in [0.15, 0.2) is 46.4 Å². The van der Waals surface area contributed by atoms with E-state index in [-0.39, 0.29) is 80.8 Å². The Labute approximate surface area is 470 Å². The number of likely N-dealkylation sites (tertiary alicyclic amines) is 2. The van der Waals surface area contributed by atoms with Crippen molar-refractivity contribution >= 4 is 82.6 Å². The molecule has 2 aliphatic rings. The van der Waals surface area contributed by atoms with Gasteiger partial charge < -0.3 is 84.1 Å². The number of carboxylic acids is 2. The molecule has 1 aromatic heterocycles. The molecule has 1 aromatic carbocycles. The van der Waals surface area contributed by atoms with Crippen LogP contribution < -0.4 is 49.5 Å². The monoisotopic (exact) mass is 1160 g/mol. The Hall–Kier alpha value is -8.41. The minimum Gasteiger partial charge on any atom is -0.508 e. The first-order chi connectivity index (χ1) is 38.2. The van der Waals surface area contributed by atoms with E-state index in [1.54, 1.807) is 13.8 Å². The number of aliphatic carboxylic acids is 2. The second-order valence-electron chi connectivity index (χ2n) is 19.6. The van der Waals surface area contributed by atoms with Crippen LogP contribution in [0.5, 0.6) is 5.75 Å². The number of allylic oxidation sites excluding steroid dienone is 1. The van der Waals surface area contributed by atoms with Gasteiger partial charge in [-0.1, -0.05) is 39.0 Å². The van der Waals surface area contributed by atoms with Gasteiger partial charge in [0, 0.05) is 50.7 Å². The van der Waals surface area contributed by atoms with Crippen molar-refractivity contribution in [3.05, 3.63) is 57.7 Å². The predicted molar refractivity (Wildman–Crippen MR) is 289 cm³/mol. The minimum absolute atomic E-state index is 0.00865. The van der Waals surface area contributed by atoms with Crippen molar-refractivity contribution in [1.29, 1.82) is 0 Å². The molecule has 2 fully saturated rings. The van der Waals surface area contributed by atoms with Crippen molar-refractivity contribution in [3.8, 4) is 5.75 Å². The number of phenolic OH excluding ortho intramolecular Hbond substituents is 1. The number of carbonyl (C=O) groups excluding carboxylic acids is 9. The molecule has 30 heteroatoms. The maximum atomic E-state index is 14.5. The number of nitrogens with one attached hydrogen (secondary N) is 5. The lowest BCUT2D eigenvalue weighted by atomic mass is 9.99. The zero-order valence-electron chi connectivity index (χ0n) is 45.6. The molecule has 2 aromatic rings. The van der Waals surface area contributed by atoms with Crippen LogP contribution in [0.1, 0.15) is 120 Å². The molecule has 0 spiro atoms. The first-order valence-electron chi connectivity index (χ1n) is 26.2. The van der Waals surface area contributed by atoms with Crippen molar-refractivity contribution in [3.63, 3.8) is 0 Å². The lowest BCUT2D eigenvalue weighted by Crippen LogP contribution is -2.56. The van der Waals surface area contributed by atoms with Gasteiger partial charge in [-0.2, -0.15) is 0 Å². The van der Waals surface area contributed by atoms with Gasteiger partial charge in [-0.25, -0.2) is 19.4 Å². The largest absolute Gasteiger partial charge is 0.508 e. The van der Waals surface area contributed by atoms with E-state index in [2.05, 4.69) is 36.6 Å². The average Bonchev–Trinajstić information content (AvgIpc) is 4.27. The summed E-state index contributed by atoms with van der Waals surface area (Å²) in [5, 5.41) is 43.1. The number of aromatic hydroxyl groups is 1. The van der Waals surface area contributed by atoms with Gasteiger partial charge in [-0.3, -0.25) is 43.3 Å². The van der Waals surface area contributed by atoms with Crippen LogP contribution >= 0.6 is 11.3 Å². The highest BCUT2D eigenvalue weighted by Gasteiger charge is 2.48. The van der Waals surface area contributed by atoms with Gasteiger partial charge in [0.25, 0.3) is 11.8 Å². The molecule has 0 saturated carbocycles. The van der Waals surface area contributed by atoms with Gasteiger partial charge in [-0.05, 0) is 69.6 Å². The Balaban J connectivity index is 1.50. The van der Waals surface area contributed by atoms with Crippen molar-refractivity contribution in [2.45, 2.75) is 153 Å². The van der Waals surface area contributed by atoms with E-state index in [0.717, 1.165) is 11.3 Å². The number of urea groups is 1. The topological polar surface area (TPSA) is 463 Å². The Morgan fingerprint density at radius 3 is 2.17 bits per heavy atom. The highest BCUT2D eigenvalue weighted by Crippen LogP contribution is 2.35. The first kappa shape index (κ1) is 65.1. The molecule has 8 amide bonds. The number of nitrogens with zero attached hydrogens (tertiary/aromatic N) is 4. The fraction of sp³-hybridized carbons (Fsp3) is 0.549. The number of rotatable bonds is 29. The van der Waals surface area contributed by atoms with Crippen molar-refractivity contribution in [1.82, 2.24) is 41.4 Å². The predicted octanol–water partition coefficient (Wildman–Crippen LogP) is -0.889. The third-order valence-electron chi connectivity index (χ3n) is 13.2. The van der Waals surface area contributed by atoms with Gasteiger partial charge in [0.15, 0.2) is 5.96 Å². The molecule has 4 rings (SSSR count). The first-order valence-corrected chi connectivity index (χ1v) is 27.1. The van der Waals surface area contributed by atoms with E-state index >= 15 is 0 Å². The number of aliphatic imine (C=N–C) groups is 1. The molecule has 16 N–H and O–H groups in total. The molecule has 0 bridgehead atoms. The Kier molecular flexibility index (Phi) is 24.8. The number of hydrogen-bond donors (Lipinski definition) is 12. The maximum Gasteiger partial charge on any atom is 0.329 e. The Morgan fingerprint density at radius 1 is 0.877 bits per heavy atom. The number of hydrogen-bond acceptors (Lipinski definition) is 18. The minimum atomic E-state index is -1.64. The molecular formula is C51H73N13O16S. The third kappa shape index (κ3) is 19.4. The van der Waals surface area contributed by atoms with Gasteiger partial charge in [0.1, 0.15) is 64.6 Å². The smallest absolute Gasteiger partial charge is 0.329 e. The normalized spacial score (nSPS) is 18.2. The lowest BCUT2D eigenvalue weighted by molar-refractivity contribution is -0.167. The summed E-state index contributed by atoms with van der Waals surface area (Å²) in [5.74, 6) is -9.98. The number of benzene rings is 1. The summed E-state index contributed by atoms with van der Waals surface area (Å²) in [7, 11) is 0. The summed E-state index contributed by atoms with van der Waals surface area (Å²) >= 11 is 1.01. The van der Waals surface area contributed by atoms with Gasteiger partial charge in [-0.15, -0.1) is 11.3 Å². The second kappa shape index (κ2) is 30.8. The van der Waals surface area contributed by atoms with Gasteiger partial charge >= 0.3 is 29.9 Å². The van der Waals surface area contributed by atoms with Crippen LogP contribution in [0.25, 0.3) is 0 Å². The number of aromatic nitrogens is 1. The molecule has 29 nitrogen and oxygen atoms in total. The van der Waals surface area contributed by atoms with E-state index < -0.39 is 139 Å². The highest BCUT2D eigenvalue weighted by atomic mass is 32.1. The molecule has 444 valence electrons. The van der Waals surface area contributed by atoms with Crippen molar-refractivity contribution in [2.75, 3.05) is 19.6 Å². The van der Waals surface area contributed by atoms with Crippen LogP contribution in [-0.4, -0.2) is 170 Å². The number of phenols is 1. The number of guanidine groups is 1. The summed E-state index contributed by atoms with van der Waals surface area (Å²) < 4.78 is 11.4. The molecule has 81 heavy (non-hydrogen) atoms. The van der Waals surface area contributed by atoms with Crippen LogP contribution in [-0.2, 0) is 59.0 Å². The molecule has 9 atom stereocenters. The molecule has 2 aliphatic heterocycles. The van der Waals surface area contributed by atoms with Crippen LogP contribution in [0.2, 0.25) is 0 Å². The number of amides is 8. The summed E-state index contributed by atoms with van der Waals surface area (Å²) in [4.78, 5) is 156. The summed E-state index contributed by atoms with van der Waals surface area (Å²) in [6, 6.07) is -4.05. The standard InChI is InChI=1S/C51H73N13O16S/c1-6-29(61-51(78)62-32(48(75)76)22-27-12-14-28(65)15-13-27)43(71)57-26(5)42(70)58-30(10-8-19-56-50(54)55)46(73)63-20-9-11-34(63)45-60-33(24-81-45)44(72)59-31(16-17-37(52)66)49(77)80-36(23-38(67)68)41-35(79-39(69)7-2)18-21-64(41)47(74)40(53)25(3)4/h6,12-15,24-26,30-32,34-36,40-41,65H,7-11,16-23,53H2,1-5H3,(H2,52,66)(H,57,71)(H,58,70)(H,59,72)(H,67,68)(H,75,76)(H4,54,55,56)(H2,61,62,78)/b29-6-/t26-,30-,31-,32-,34-,35?,36?,40-,41?/m0/s1. The molecule has 3 unspecified atom stereocenters. The third-order valence-corrected chi connectivity index (χ3v) is 14.1. The fourth-order valence-electron chi connectivity index (χ4n) is 8.82. The zero-order valence-corrected chi connectivity index (χ0v) is 46.4. The number of nitrogens with two attached hydrogens (primary N) is 4. The lowest BCUT2D eigenvalue weighted by Gasteiger charge is -2.35. The van der Waals surface area contributed by atoms with Gasteiger partial charge in [0.2, 0.25) is 23.6 Å². The second-order valence-corrected chi connectivity index (χ2v) is 20.5. The zero-order chi connectivity index (χ0) is 60.2. The molecule has 2 saturated heterocycles. The summed E-state index contributed by atoms with van der Waals surface area (Å²) in [6.07, 6.45) is -2.33. The Bertz CT molecular complexity index is 2680. The summed E-state index contributed by atoms with van der Waals surface area (Å²) in [6.45, 7) is 7.93. The number of carbonyl (C=O) groups is 11. The van der Waals surface area contributed by atoms with Gasteiger partial charge in [0.05, 0.1) is 18.5 Å². The van der Waals surface area contributed by atoms with Crippen LogP contribution in [0.4, 0.5) is 4.79 Å². The van der Waals surface area contributed by atoms with Crippen molar-refractivity contribution < 1.29 is 77.5 Å². The number of primary amides is 1. The molecule has 0 radical (unpaired) electrons. The molecule has 0 aliphatic carbocycles. The Morgan fingerprint density at radius 2 is 1.57 bits per heavy atom. The van der Waals surface area contributed by atoms with E-state index in [0.29, 0.717) is 23.4 Å². The van der Waals surface area contributed by atoms with E-state index in [9.17, 15) is 68.1 Å². The van der Waals surface area contributed by atoms with E-state index in [1.165, 1.54) is 66.3 Å². The number of carboxylic acid groups (broad SMARTS) is 2.